The average molecular weight is 454 g/mol. The number of aromatic nitrogens is 1. The van der Waals surface area contributed by atoms with Crippen molar-refractivity contribution in [1.82, 2.24) is 10.3 Å². The van der Waals surface area contributed by atoms with Gasteiger partial charge in [0.25, 0.3) is 5.91 Å². The average Bonchev–Trinajstić information content (AvgIpc) is 3.31. The number of anilines is 3. The number of amides is 1. The second-order valence-corrected chi connectivity index (χ2v) is 7.83. The fourth-order valence-corrected chi connectivity index (χ4v) is 3.75. The van der Waals surface area contributed by atoms with E-state index in [9.17, 15) is 18.7 Å². The number of ether oxygens (including phenoxy) is 1. The lowest BCUT2D eigenvalue weighted by Gasteiger charge is -2.21. The van der Waals surface area contributed by atoms with Crippen LogP contribution >= 0.6 is 0 Å². The number of rotatable bonds is 6. The molecule has 4 N–H and O–H groups in total. The van der Waals surface area contributed by atoms with E-state index in [0.29, 0.717) is 30.1 Å². The molecular formula is C24H24F2N4O3. The summed E-state index contributed by atoms with van der Waals surface area (Å²) in [4.78, 5) is 18.3. The molecule has 2 aromatic carbocycles. The van der Waals surface area contributed by atoms with Crippen LogP contribution in [0, 0.1) is 11.6 Å². The number of carbonyl (C=O) groups is 1. The van der Waals surface area contributed by atoms with E-state index >= 15 is 0 Å². The lowest BCUT2D eigenvalue weighted by Crippen LogP contribution is -2.32. The molecule has 0 saturated carbocycles. The van der Waals surface area contributed by atoms with Gasteiger partial charge >= 0.3 is 0 Å². The third-order valence-corrected chi connectivity index (χ3v) is 5.60. The highest BCUT2D eigenvalue weighted by molar-refractivity contribution is 5.98. The van der Waals surface area contributed by atoms with E-state index in [0.717, 1.165) is 18.9 Å². The number of carbonyl (C=O) groups excluding carboxylic acids is 1. The summed E-state index contributed by atoms with van der Waals surface area (Å²) in [6.07, 6.45) is 1.88. The minimum Gasteiger partial charge on any atom is -0.507 e. The van der Waals surface area contributed by atoms with E-state index in [1.807, 2.05) is 0 Å². The first-order chi connectivity index (χ1) is 15.8. The van der Waals surface area contributed by atoms with Gasteiger partial charge in [0.1, 0.15) is 23.2 Å². The van der Waals surface area contributed by atoms with Gasteiger partial charge in [0.05, 0.1) is 23.0 Å². The van der Waals surface area contributed by atoms with E-state index in [-0.39, 0.29) is 34.8 Å². The second-order valence-electron chi connectivity index (χ2n) is 7.83. The Kier molecular flexibility index (Phi) is 6.41. The summed E-state index contributed by atoms with van der Waals surface area (Å²) in [5.41, 5.74) is 7.65. The van der Waals surface area contributed by atoms with Crippen LogP contribution in [0.2, 0.25) is 0 Å². The first-order valence-electron chi connectivity index (χ1n) is 10.5. The maximum Gasteiger partial charge on any atom is 0.255 e. The fraction of sp³-hybridized carbons (Fsp3) is 0.250. The summed E-state index contributed by atoms with van der Waals surface area (Å²) in [5, 5.41) is 13.2. The van der Waals surface area contributed by atoms with Crippen LogP contribution in [0.4, 0.5) is 26.0 Å². The summed E-state index contributed by atoms with van der Waals surface area (Å²) >= 11 is 0. The quantitative estimate of drug-likeness (QED) is 0.521. The van der Waals surface area contributed by atoms with Gasteiger partial charge < -0.3 is 25.8 Å². The molecule has 9 heteroatoms. The molecule has 1 atom stereocenters. The fourth-order valence-electron chi connectivity index (χ4n) is 3.75. The Hall–Kier alpha value is -3.72. The number of nitrogens with two attached hydrogens (primary N) is 1. The van der Waals surface area contributed by atoms with Crippen molar-refractivity contribution < 1.29 is 23.4 Å². The highest BCUT2D eigenvalue weighted by atomic mass is 19.1. The van der Waals surface area contributed by atoms with Crippen molar-refractivity contribution >= 4 is 23.1 Å². The molecule has 3 aromatic rings. The molecule has 1 saturated heterocycles. The lowest BCUT2D eigenvalue weighted by atomic mass is 10.1. The molecule has 1 fully saturated rings. The smallest absolute Gasteiger partial charge is 0.255 e. The van der Waals surface area contributed by atoms with Crippen molar-refractivity contribution in [2.24, 2.45) is 0 Å². The van der Waals surface area contributed by atoms with Crippen LogP contribution in [0.25, 0.3) is 11.3 Å². The van der Waals surface area contributed by atoms with E-state index in [1.54, 1.807) is 25.2 Å². The molecule has 1 aliphatic rings. The van der Waals surface area contributed by atoms with Gasteiger partial charge in [-0.3, -0.25) is 4.79 Å². The summed E-state index contributed by atoms with van der Waals surface area (Å²) in [7, 11) is 1.62. The molecule has 4 rings (SSSR count). The molecular weight excluding hydrogens is 430 g/mol. The molecule has 172 valence electrons. The molecule has 7 nitrogen and oxygen atoms in total. The van der Waals surface area contributed by atoms with E-state index in [4.69, 9.17) is 10.5 Å². The molecule has 0 bridgehead atoms. The number of benzene rings is 2. The van der Waals surface area contributed by atoms with Crippen LogP contribution < -0.4 is 16.0 Å². The molecule has 33 heavy (non-hydrogen) atoms. The molecule has 1 aliphatic heterocycles. The van der Waals surface area contributed by atoms with Gasteiger partial charge in [-0.15, -0.1) is 0 Å². The number of phenolic OH excluding ortho intramolecular Hbond substituents is 1. The zero-order chi connectivity index (χ0) is 23.5. The molecule has 1 amide bonds. The number of phenols is 1. The number of nitrogens with one attached hydrogen (secondary N) is 1. The monoisotopic (exact) mass is 454 g/mol. The molecule has 0 spiro atoms. The van der Waals surface area contributed by atoms with Crippen LogP contribution in [0.1, 0.15) is 23.2 Å². The predicted molar refractivity (Wildman–Crippen MR) is 121 cm³/mol. The SMILES string of the molecule is CN(c1ccc(O)c(-c2ccc(C(=O)NCC3CCCO3)c(N)n2)c1)c1ccc(F)cc1F. The van der Waals surface area contributed by atoms with Crippen LogP contribution in [-0.2, 0) is 4.74 Å². The van der Waals surface area contributed by atoms with E-state index in [1.165, 1.54) is 29.2 Å². The highest BCUT2D eigenvalue weighted by Gasteiger charge is 2.19. The molecule has 1 aromatic heterocycles. The number of hydrogen-bond donors (Lipinski definition) is 3. The largest absolute Gasteiger partial charge is 0.507 e. The van der Waals surface area contributed by atoms with Gasteiger partial charge in [0, 0.05) is 37.5 Å². The number of pyridine rings is 1. The second kappa shape index (κ2) is 9.41. The number of nitrogens with zero attached hydrogens (tertiary/aromatic N) is 2. The van der Waals surface area contributed by atoms with Gasteiger partial charge in [-0.05, 0) is 55.3 Å². The number of hydrogen-bond acceptors (Lipinski definition) is 6. The third-order valence-electron chi connectivity index (χ3n) is 5.60. The Morgan fingerprint density at radius 2 is 2.06 bits per heavy atom. The zero-order valence-corrected chi connectivity index (χ0v) is 18.0. The van der Waals surface area contributed by atoms with Crippen molar-refractivity contribution in [3.05, 3.63) is 65.7 Å². The number of nitrogen functional groups attached to an aromatic ring is 1. The Balaban J connectivity index is 1.57. The first-order valence-corrected chi connectivity index (χ1v) is 10.5. The summed E-state index contributed by atoms with van der Waals surface area (Å²) < 4.78 is 33.0. The van der Waals surface area contributed by atoms with Gasteiger partial charge in [-0.2, -0.15) is 0 Å². The molecule has 1 unspecified atom stereocenters. The molecule has 0 radical (unpaired) electrons. The summed E-state index contributed by atoms with van der Waals surface area (Å²) in [6, 6.07) is 11.1. The van der Waals surface area contributed by atoms with E-state index in [2.05, 4.69) is 10.3 Å². The Morgan fingerprint density at radius 1 is 1.24 bits per heavy atom. The predicted octanol–water partition coefficient (Wildman–Crippen LogP) is 3.99. The topological polar surface area (TPSA) is 101 Å². The maximum absolute atomic E-state index is 14.2. The highest BCUT2D eigenvalue weighted by Crippen LogP contribution is 2.35. The van der Waals surface area contributed by atoms with Gasteiger partial charge in [-0.1, -0.05) is 0 Å². The van der Waals surface area contributed by atoms with Crippen LogP contribution in [0.15, 0.2) is 48.5 Å². The van der Waals surface area contributed by atoms with Crippen LogP contribution in [0.5, 0.6) is 5.75 Å². The van der Waals surface area contributed by atoms with Crippen molar-refractivity contribution in [3.8, 4) is 17.0 Å². The Morgan fingerprint density at radius 3 is 2.76 bits per heavy atom. The van der Waals surface area contributed by atoms with Gasteiger partial charge in [0.2, 0.25) is 0 Å². The summed E-state index contributed by atoms with van der Waals surface area (Å²) in [5.74, 6) is -1.79. The standard InChI is InChI=1S/C24H24F2N4O3/c1-30(21-8-4-14(25)11-19(21)26)15-5-9-22(31)18(12-15)20-7-6-17(23(27)29-20)24(32)28-13-16-3-2-10-33-16/h4-9,11-12,16,31H,2-3,10,13H2,1H3,(H2,27,29)(H,28,32). The minimum atomic E-state index is -0.715. The van der Waals surface area contributed by atoms with Crippen molar-refractivity contribution in [1.29, 1.82) is 0 Å². The third kappa shape index (κ3) is 4.88. The summed E-state index contributed by atoms with van der Waals surface area (Å²) in [6.45, 7) is 1.10. The van der Waals surface area contributed by atoms with Crippen molar-refractivity contribution in [2.45, 2.75) is 18.9 Å². The molecule has 2 heterocycles. The number of halogens is 2. The lowest BCUT2D eigenvalue weighted by molar-refractivity contribution is 0.0858. The van der Waals surface area contributed by atoms with Crippen LogP contribution in [-0.4, -0.2) is 42.3 Å². The van der Waals surface area contributed by atoms with Gasteiger partial charge in [-0.25, -0.2) is 13.8 Å². The molecule has 0 aliphatic carbocycles. The maximum atomic E-state index is 14.2. The first kappa shape index (κ1) is 22.5. The van der Waals surface area contributed by atoms with Crippen molar-refractivity contribution in [3.63, 3.8) is 0 Å². The Bertz CT molecular complexity index is 1180. The Labute approximate surface area is 189 Å². The minimum absolute atomic E-state index is 0.00466. The zero-order valence-electron chi connectivity index (χ0n) is 18.0. The van der Waals surface area contributed by atoms with Gasteiger partial charge in [0.15, 0.2) is 0 Å². The van der Waals surface area contributed by atoms with Crippen LogP contribution in [0.3, 0.4) is 0 Å². The van der Waals surface area contributed by atoms with E-state index < -0.39 is 11.6 Å². The number of aromatic hydroxyl groups is 1. The van der Waals surface area contributed by atoms with Crippen molar-refractivity contribution in [2.75, 3.05) is 30.8 Å². The normalized spacial score (nSPS) is 15.4.